The van der Waals surface area contributed by atoms with Crippen molar-refractivity contribution in [3.05, 3.63) is 17.6 Å². The molecule has 1 aromatic heterocycles. The molecule has 1 aromatic rings. The van der Waals surface area contributed by atoms with Crippen LogP contribution in [0, 0.1) is 0 Å². The smallest absolute Gasteiger partial charge is 0.352 e. The van der Waals surface area contributed by atoms with Crippen LogP contribution in [0.3, 0.4) is 0 Å². The predicted octanol–water partition coefficient (Wildman–Crippen LogP) is -0.772. The maximum atomic E-state index is 12.5. The van der Waals surface area contributed by atoms with E-state index >= 15 is 0 Å². The highest BCUT2D eigenvalue weighted by Gasteiger charge is 2.54. The number of fused-ring (bicyclic) bond motifs is 1. The van der Waals surface area contributed by atoms with Gasteiger partial charge in [-0.2, -0.15) is 9.36 Å². The number of carboxylic acids is 1. The van der Waals surface area contributed by atoms with Crippen molar-refractivity contribution >= 4 is 51.9 Å². The Hall–Kier alpha value is -2.67. The average molecular weight is 398 g/mol. The Bertz CT molecular complexity index is 837. The molecule has 1 saturated heterocycles. The van der Waals surface area contributed by atoms with E-state index in [1.54, 1.807) is 0 Å². The molecule has 2 unspecified atom stereocenters. The molecule has 3 atom stereocenters. The van der Waals surface area contributed by atoms with Gasteiger partial charge in [-0.25, -0.2) is 4.79 Å². The van der Waals surface area contributed by atoms with Crippen LogP contribution in [0.1, 0.15) is 12.7 Å². The van der Waals surface area contributed by atoms with Crippen molar-refractivity contribution in [1.82, 2.24) is 19.6 Å². The fraction of sp³-hybridized carbons (Fsp3) is 0.385. The van der Waals surface area contributed by atoms with Gasteiger partial charge in [-0.3, -0.25) is 14.5 Å². The monoisotopic (exact) mass is 398 g/mol. The van der Waals surface area contributed by atoms with E-state index in [-0.39, 0.29) is 27.6 Å². The number of hydrogen-bond acceptors (Lipinski definition) is 10. The summed E-state index contributed by atoms with van der Waals surface area (Å²) in [7, 11) is 1.25. The topological polar surface area (TPSA) is 160 Å². The lowest BCUT2D eigenvalue weighted by atomic mass is 10.0. The van der Waals surface area contributed by atoms with E-state index in [1.165, 1.54) is 24.9 Å². The second kappa shape index (κ2) is 6.92. The number of nitrogens with one attached hydrogen (secondary N) is 1. The molecule has 11 nitrogen and oxygen atoms in total. The van der Waals surface area contributed by atoms with Crippen molar-refractivity contribution in [1.29, 1.82) is 0 Å². The number of anilines is 1. The first-order valence-electron chi connectivity index (χ1n) is 7.28. The molecular formula is C13H14N6O5S2. The predicted molar refractivity (Wildman–Crippen MR) is 93.2 cm³/mol. The number of β-lactam (4-membered cyclic amide) rings is 1. The van der Waals surface area contributed by atoms with Crippen LogP contribution in [0.25, 0.3) is 0 Å². The Balaban J connectivity index is 1.78. The zero-order chi connectivity index (χ0) is 19.0. The number of carbonyl (C=O) groups excluding carboxylic acids is 2. The Kier molecular flexibility index (Phi) is 4.82. The molecule has 3 heterocycles. The summed E-state index contributed by atoms with van der Waals surface area (Å²) < 4.78 is 3.90. The zero-order valence-corrected chi connectivity index (χ0v) is 15.2. The second-order valence-corrected chi connectivity index (χ2v) is 7.61. The SMILES string of the molecule is CON=C(C(=O)NC1C(=O)N2C(C(=O)O)=CC(C)S[C@H]12)c1nsc(N)n1. The number of hydrogen-bond donors (Lipinski definition) is 3. The van der Waals surface area contributed by atoms with Crippen molar-refractivity contribution in [2.24, 2.45) is 5.16 Å². The number of nitrogens with zero attached hydrogens (tertiary/aromatic N) is 4. The van der Waals surface area contributed by atoms with Gasteiger partial charge in [0.2, 0.25) is 11.5 Å². The number of oxime groups is 1. The first kappa shape index (κ1) is 18.1. The van der Waals surface area contributed by atoms with Crippen LogP contribution in [0.5, 0.6) is 0 Å². The van der Waals surface area contributed by atoms with E-state index in [1.807, 2.05) is 6.92 Å². The van der Waals surface area contributed by atoms with Gasteiger partial charge in [-0.1, -0.05) is 5.16 Å². The van der Waals surface area contributed by atoms with Gasteiger partial charge in [0.25, 0.3) is 11.8 Å². The van der Waals surface area contributed by atoms with Gasteiger partial charge in [-0.15, -0.1) is 11.8 Å². The van der Waals surface area contributed by atoms with Crippen LogP contribution < -0.4 is 11.1 Å². The summed E-state index contributed by atoms with van der Waals surface area (Å²) >= 11 is 2.25. The maximum absolute atomic E-state index is 12.5. The molecular weight excluding hydrogens is 384 g/mol. The summed E-state index contributed by atoms with van der Waals surface area (Å²) in [5.74, 6) is -2.45. The van der Waals surface area contributed by atoms with E-state index in [0.717, 1.165) is 16.4 Å². The number of rotatable bonds is 5. The summed E-state index contributed by atoms with van der Waals surface area (Å²) in [6.45, 7) is 1.81. The molecule has 0 saturated carbocycles. The van der Waals surface area contributed by atoms with Crippen molar-refractivity contribution in [3.63, 3.8) is 0 Å². The molecule has 26 heavy (non-hydrogen) atoms. The Morgan fingerprint density at radius 3 is 2.81 bits per heavy atom. The van der Waals surface area contributed by atoms with Gasteiger partial charge in [0.05, 0.1) is 0 Å². The fourth-order valence-corrected chi connectivity index (χ4v) is 4.31. The molecule has 0 aliphatic carbocycles. The van der Waals surface area contributed by atoms with Gasteiger partial charge in [-0.05, 0) is 13.0 Å². The van der Waals surface area contributed by atoms with Gasteiger partial charge in [0, 0.05) is 16.8 Å². The van der Waals surface area contributed by atoms with Crippen molar-refractivity contribution < 1.29 is 24.3 Å². The highest BCUT2D eigenvalue weighted by atomic mass is 32.2. The Labute approximate surface area is 155 Å². The number of aromatic nitrogens is 2. The molecule has 1 fully saturated rings. The highest BCUT2D eigenvalue weighted by molar-refractivity contribution is 8.00. The number of nitrogen functional groups attached to an aromatic ring is 1. The third kappa shape index (κ3) is 3.10. The van der Waals surface area contributed by atoms with Crippen LogP contribution in [0.4, 0.5) is 5.13 Å². The first-order valence-corrected chi connectivity index (χ1v) is 9.00. The first-order chi connectivity index (χ1) is 12.3. The molecule has 13 heteroatoms. The summed E-state index contributed by atoms with van der Waals surface area (Å²) in [4.78, 5) is 45.9. The Morgan fingerprint density at radius 1 is 1.50 bits per heavy atom. The van der Waals surface area contributed by atoms with Crippen LogP contribution in [0.15, 0.2) is 16.9 Å². The van der Waals surface area contributed by atoms with Gasteiger partial charge >= 0.3 is 5.97 Å². The number of carbonyl (C=O) groups is 3. The molecule has 2 amide bonds. The normalized spacial score (nSPS) is 25.1. The minimum absolute atomic E-state index is 0.0220. The van der Waals surface area contributed by atoms with Crippen LogP contribution >= 0.6 is 23.3 Å². The van der Waals surface area contributed by atoms with Crippen LogP contribution in [-0.4, -0.2) is 66.6 Å². The molecule has 3 rings (SSSR count). The summed E-state index contributed by atoms with van der Waals surface area (Å²) in [5, 5.41) is 14.9. The lowest BCUT2D eigenvalue weighted by Crippen LogP contribution is -2.71. The largest absolute Gasteiger partial charge is 0.477 e. The lowest BCUT2D eigenvalue weighted by Gasteiger charge is -2.49. The average Bonchev–Trinajstić information content (AvgIpc) is 3.02. The quantitative estimate of drug-likeness (QED) is 0.328. The molecule has 0 spiro atoms. The lowest BCUT2D eigenvalue weighted by molar-refractivity contribution is -0.150. The zero-order valence-electron chi connectivity index (χ0n) is 13.6. The van der Waals surface area contributed by atoms with Crippen molar-refractivity contribution in [3.8, 4) is 0 Å². The van der Waals surface area contributed by atoms with E-state index in [0.29, 0.717) is 0 Å². The highest BCUT2D eigenvalue weighted by Crippen LogP contribution is 2.40. The van der Waals surface area contributed by atoms with Crippen LogP contribution in [0.2, 0.25) is 0 Å². The third-order valence-corrected chi connectivity index (χ3v) is 5.48. The summed E-state index contributed by atoms with van der Waals surface area (Å²) in [6, 6.07) is -0.893. The number of aliphatic carboxylic acids is 1. The molecule has 2 aliphatic heterocycles. The molecule has 4 N–H and O–H groups in total. The van der Waals surface area contributed by atoms with E-state index in [9.17, 15) is 19.5 Å². The number of amides is 2. The fourth-order valence-electron chi connectivity index (χ4n) is 2.54. The minimum Gasteiger partial charge on any atom is -0.477 e. The van der Waals surface area contributed by atoms with E-state index in [4.69, 9.17) is 5.73 Å². The molecule has 138 valence electrons. The number of carboxylic acid groups (broad SMARTS) is 1. The second-order valence-electron chi connectivity index (χ2n) is 5.33. The summed E-state index contributed by atoms with van der Waals surface area (Å²) in [5.41, 5.74) is 5.20. The molecule has 0 radical (unpaired) electrons. The van der Waals surface area contributed by atoms with Gasteiger partial charge in [0.1, 0.15) is 24.2 Å². The van der Waals surface area contributed by atoms with Crippen molar-refractivity contribution in [2.45, 2.75) is 23.6 Å². The molecule has 0 aromatic carbocycles. The Morgan fingerprint density at radius 2 is 2.23 bits per heavy atom. The van der Waals surface area contributed by atoms with E-state index < -0.39 is 29.2 Å². The summed E-state index contributed by atoms with van der Waals surface area (Å²) in [6.07, 6.45) is 1.50. The molecule has 0 bridgehead atoms. The number of thioether (sulfide) groups is 1. The standard InChI is InChI=1S/C13H14N6O5S2/c1-4-3-5(12(22)23)19-10(21)7(11(19)25-4)15-9(20)6(17-24-2)8-16-13(14)26-18-8/h3-4,7,11H,1-2H3,(H,15,20)(H,22,23)(H2,14,16,18)/t4?,7?,11-/m1/s1. The maximum Gasteiger partial charge on any atom is 0.352 e. The molecule has 2 aliphatic rings. The van der Waals surface area contributed by atoms with Crippen molar-refractivity contribution in [2.75, 3.05) is 12.8 Å². The minimum atomic E-state index is -1.19. The van der Waals surface area contributed by atoms with Gasteiger partial charge in [0.15, 0.2) is 5.13 Å². The van der Waals surface area contributed by atoms with Crippen LogP contribution in [-0.2, 0) is 19.2 Å². The van der Waals surface area contributed by atoms with Gasteiger partial charge < -0.3 is 21.0 Å². The third-order valence-electron chi connectivity index (χ3n) is 3.61. The van der Waals surface area contributed by atoms with E-state index in [2.05, 4.69) is 24.7 Å². The number of nitrogens with two attached hydrogens (primary N) is 1.